The predicted molar refractivity (Wildman–Crippen MR) is 146 cm³/mol. The van der Waals surface area contributed by atoms with Gasteiger partial charge in [0.25, 0.3) is 5.91 Å². The minimum atomic E-state index is -0.156. The fourth-order valence-corrected chi connectivity index (χ4v) is 6.51. The molecule has 7 nitrogen and oxygen atoms in total. The summed E-state index contributed by atoms with van der Waals surface area (Å²) in [4.78, 5) is 43.5. The molecule has 3 fully saturated rings. The summed E-state index contributed by atoms with van der Waals surface area (Å²) in [7, 11) is 1.63. The van der Waals surface area contributed by atoms with E-state index < -0.39 is 0 Å². The van der Waals surface area contributed by atoms with Gasteiger partial charge in [-0.3, -0.25) is 14.4 Å². The molecule has 1 N–H and O–H groups in total. The van der Waals surface area contributed by atoms with Crippen molar-refractivity contribution >= 4 is 17.7 Å². The molecule has 1 spiro atoms. The molecule has 2 unspecified atom stereocenters. The van der Waals surface area contributed by atoms with Crippen LogP contribution in [0.4, 0.5) is 0 Å². The summed E-state index contributed by atoms with van der Waals surface area (Å²) < 4.78 is 5.29. The zero-order valence-electron chi connectivity index (χ0n) is 22.4. The molecule has 2 atom stereocenters. The van der Waals surface area contributed by atoms with Crippen molar-refractivity contribution in [2.45, 2.75) is 57.4 Å². The Balaban J connectivity index is 1.15. The van der Waals surface area contributed by atoms with Crippen LogP contribution in [0.15, 0.2) is 54.6 Å². The molecule has 3 aliphatic rings. The molecule has 2 aromatic carbocycles. The van der Waals surface area contributed by atoms with Crippen molar-refractivity contribution in [2.24, 2.45) is 11.3 Å². The van der Waals surface area contributed by atoms with Gasteiger partial charge in [-0.05, 0) is 67.3 Å². The highest BCUT2D eigenvalue weighted by molar-refractivity contribution is 5.94. The first-order valence-corrected chi connectivity index (χ1v) is 14.0. The first kappa shape index (κ1) is 26.3. The first-order valence-electron chi connectivity index (χ1n) is 14.0. The van der Waals surface area contributed by atoms with Crippen molar-refractivity contribution in [2.75, 3.05) is 33.3 Å². The van der Waals surface area contributed by atoms with Gasteiger partial charge in [0.2, 0.25) is 11.8 Å². The number of carbonyl (C=O) groups is 3. The van der Waals surface area contributed by atoms with Crippen LogP contribution in [0, 0.1) is 11.3 Å². The quantitative estimate of drug-likeness (QED) is 0.627. The van der Waals surface area contributed by atoms with E-state index in [4.69, 9.17) is 4.74 Å². The van der Waals surface area contributed by atoms with Gasteiger partial charge >= 0.3 is 0 Å². The number of ether oxygens (including phenoxy) is 1. The first-order chi connectivity index (χ1) is 18.5. The average molecular weight is 518 g/mol. The number of hydrogen-bond acceptors (Lipinski definition) is 4. The molecule has 202 valence electrons. The maximum atomic E-state index is 13.7. The van der Waals surface area contributed by atoms with E-state index in [0.29, 0.717) is 12.0 Å². The zero-order chi connectivity index (χ0) is 26.5. The molecule has 0 bridgehead atoms. The second-order valence-electron chi connectivity index (χ2n) is 11.3. The molecular formula is C31H39N3O4. The van der Waals surface area contributed by atoms with Crippen LogP contribution in [0.1, 0.15) is 60.9 Å². The van der Waals surface area contributed by atoms with E-state index in [2.05, 4.69) is 5.32 Å². The third-order valence-electron chi connectivity index (χ3n) is 8.85. The maximum Gasteiger partial charge on any atom is 0.251 e. The summed E-state index contributed by atoms with van der Waals surface area (Å²) in [6, 6.07) is 16.8. The molecule has 1 saturated carbocycles. The Morgan fingerprint density at radius 2 is 1.63 bits per heavy atom. The number of likely N-dealkylation sites (tertiary alicyclic amines) is 2. The third kappa shape index (κ3) is 5.87. The Hall–Kier alpha value is -3.35. The number of hydrogen-bond donors (Lipinski definition) is 1. The van der Waals surface area contributed by atoms with Crippen molar-refractivity contribution in [1.29, 1.82) is 0 Å². The van der Waals surface area contributed by atoms with E-state index in [1.165, 1.54) is 0 Å². The van der Waals surface area contributed by atoms with Gasteiger partial charge in [0, 0.05) is 37.8 Å². The van der Waals surface area contributed by atoms with Crippen LogP contribution in [0.25, 0.3) is 0 Å². The van der Waals surface area contributed by atoms with Crippen LogP contribution in [0.3, 0.4) is 0 Å². The summed E-state index contributed by atoms with van der Waals surface area (Å²) in [5.74, 6) is 0.855. The zero-order valence-corrected chi connectivity index (χ0v) is 22.4. The number of benzene rings is 2. The minimum Gasteiger partial charge on any atom is -0.497 e. The van der Waals surface area contributed by atoms with E-state index in [9.17, 15) is 14.4 Å². The molecule has 2 aromatic rings. The Morgan fingerprint density at radius 3 is 2.37 bits per heavy atom. The number of amides is 3. The lowest BCUT2D eigenvalue weighted by Gasteiger charge is -2.40. The van der Waals surface area contributed by atoms with Crippen molar-refractivity contribution in [3.63, 3.8) is 0 Å². The summed E-state index contributed by atoms with van der Waals surface area (Å²) in [5.41, 5.74) is 1.70. The minimum absolute atomic E-state index is 0.0971. The summed E-state index contributed by atoms with van der Waals surface area (Å²) >= 11 is 0. The van der Waals surface area contributed by atoms with Gasteiger partial charge < -0.3 is 19.9 Å². The highest BCUT2D eigenvalue weighted by Gasteiger charge is 2.45. The highest BCUT2D eigenvalue weighted by atomic mass is 16.5. The number of nitrogens with zero attached hydrogens (tertiary/aromatic N) is 2. The van der Waals surface area contributed by atoms with Crippen LogP contribution in [0.2, 0.25) is 0 Å². The third-order valence-corrected chi connectivity index (χ3v) is 8.85. The second kappa shape index (κ2) is 11.6. The van der Waals surface area contributed by atoms with Crippen LogP contribution in [-0.4, -0.2) is 66.9 Å². The van der Waals surface area contributed by atoms with Crippen molar-refractivity contribution in [1.82, 2.24) is 15.1 Å². The lowest BCUT2D eigenvalue weighted by molar-refractivity contribution is -0.138. The van der Waals surface area contributed by atoms with Gasteiger partial charge in [0.1, 0.15) is 5.75 Å². The van der Waals surface area contributed by atoms with Crippen molar-refractivity contribution in [3.05, 3.63) is 65.7 Å². The SMILES string of the molecule is COc1cccc(CC(=O)N2CCC3(CC2)CCN(C(=O)C2CCCCC2NC(=O)c2ccccc2)C3)c1. The Bertz CT molecular complexity index is 1140. The maximum absolute atomic E-state index is 13.7. The fraction of sp³-hybridized carbons (Fsp3) is 0.516. The predicted octanol–water partition coefficient (Wildman–Crippen LogP) is 4.07. The summed E-state index contributed by atoms with van der Waals surface area (Å²) in [6.07, 6.45) is 6.97. The molecule has 0 radical (unpaired) electrons. The Kier molecular flexibility index (Phi) is 8.01. The standard InChI is InChI=1S/C31H39N3O4/c1-38-25-11-7-8-23(20-25)21-28(35)33-17-14-31(15-18-33)16-19-34(22-31)30(37)26-12-5-6-13-27(26)32-29(36)24-9-3-2-4-10-24/h2-4,7-11,20,26-27H,5-6,12-19,21-22H2,1H3,(H,32,36). The van der Waals surface area contributed by atoms with Gasteiger partial charge in [-0.25, -0.2) is 0 Å². The fourth-order valence-electron chi connectivity index (χ4n) is 6.51. The monoisotopic (exact) mass is 517 g/mol. The largest absolute Gasteiger partial charge is 0.497 e. The van der Waals surface area contributed by atoms with Crippen molar-refractivity contribution in [3.8, 4) is 5.75 Å². The van der Waals surface area contributed by atoms with E-state index in [-0.39, 0.29) is 35.1 Å². The lowest BCUT2D eigenvalue weighted by atomic mass is 9.77. The normalized spacial score (nSPS) is 22.8. The molecule has 38 heavy (non-hydrogen) atoms. The number of piperidine rings is 1. The van der Waals surface area contributed by atoms with Gasteiger partial charge in [0.15, 0.2) is 0 Å². The molecule has 3 amide bonds. The van der Waals surface area contributed by atoms with Gasteiger partial charge in [-0.2, -0.15) is 0 Å². The summed E-state index contributed by atoms with van der Waals surface area (Å²) in [5, 5.41) is 3.17. The molecule has 0 aromatic heterocycles. The Labute approximate surface area is 225 Å². The van der Waals surface area contributed by atoms with Crippen LogP contribution < -0.4 is 10.1 Å². The molecular weight excluding hydrogens is 478 g/mol. The topological polar surface area (TPSA) is 79.0 Å². The second-order valence-corrected chi connectivity index (χ2v) is 11.3. The average Bonchev–Trinajstić information content (AvgIpc) is 3.37. The molecule has 2 heterocycles. The van der Waals surface area contributed by atoms with Gasteiger partial charge in [-0.1, -0.05) is 43.2 Å². The number of rotatable bonds is 6. The molecule has 2 saturated heterocycles. The molecule has 7 heteroatoms. The highest BCUT2D eigenvalue weighted by Crippen LogP contribution is 2.41. The number of carbonyl (C=O) groups excluding carboxylic acids is 3. The van der Waals surface area contributed by atoms with E-state index >= 15 is 0 Å². The van der Waals surface area contributed by atoms with Crippen LogP contribution >= 0.6 is 0 Å². The lowest BCUT2D eigenvalue weighted by Crippen LogP contribution is -2.50. The van der Waals surface area contributed by atoms with Crippen LogP contribution in [0.5, 0.6) is 5.75 Å². The van der Waals surface area contributed by atoms with Crippen molar-refractivity contribution < 1.29 is 19.1 Å². The van der Waals surface area contributed by atoms with Gasteiger partial charge in [-0.15, -0.1) is 0 Å². The van der Waals surface area contributed by atoms with Crippen LogP contribution in [-0.2, 0) is 16.0 Å². The molecule has 1 aliphatic carbocycles. The smallest absolute Gasteiger partial charge is 0.251 e. The van der Waals surface area contributed by atoms with Gasteiger partial charge in [0.05, 0.1) is 19.4 Å². The van der Waals surface area contributed by atoms with E-state index in [0.717, 1.165) is 82.4 Å². The molecule has 5 rings (SSSR count). The van der Waals surface area contributed by atoms with E-state index in [1.54, 1.807) is 7.11 Å². The number of methoxy groups -OCH3 is 1. The Morgan fingerprint density at radius 1 is 0.921 bits per heavy atom. The molecule has 2 aliphatic heterocycles. The van der Waals surface area contributed by atoms with E-state index in [1.807, 2.05) is 64.4 Å². The summed E-state index contributed by atoms with van der Waals surface area (Å²) in [6.45, 7) is 3.01. The number of nitrogens with one attached hydrogen (secondary N) is 1.